The molecule has 1 heterocycles. The molecule has 0 saturated carbocycles. The van der Waals surface area contributed by atoms with Gasteiger partial charge in [0.05, 0.1) is 13.0 Å². The summed E-state index contributed by atoms with van der Waals surface area (Å²) in [5, 5.41) is 4.94. The van der Waals surface area contributed by atoms with E-state index in [9.17, 15) is 9.59 Å². The Hall–Kier alpha value is -1.18. The van der Waals surface area contributed by atoms with Crippen LogP contribution in [0, 0.1) is 0 Å². The van der Waals surface area contributed by atoms with E-state index in [4.69, 9.17) is 10.5 Å². The maximum absolute atomic E-state index is 11.6. The van der Waals surface area contributed by atoms with E-state index in [0.29, 0.717) is 23.9 Å². The molecule has 0 aliphatic carbocycles. The van der Waals surface area contributed by atoms with Crippen LogP contribution in [-0.2, 0) is 16.1 Å². The fourth-order valence-electron chi connectivity index (χ4n) is 1.11. The molecule has 0 aliphatic heterocycles. The molecule has 0 fully saturated rings. The van der Waals surface area contributed by atoms with E-state index in [0.717, 1.165) is 0 Å². The fraction of sp³-hybridized carbons (Fsp3) is 0.500. The normalized spacial score (nSPS) is 9.44. The number of aromatic nitrogens is 1. The Morgan fingerprint density at radius 3 is 2.83 bits per heavy atom. The van der Waals surface area contributed by atoms with Crippen molar-refractivity contribution in [3.05, 3.63) is 16.1 Å². The molecule has 0 bridgehead atoms. The van der Waals surface area contributed by atoms with Gasteiger partial charge in [0.2, 0.25) is 0 Å². The summed E-state index contributed by atoms with van der Waals surface area (Å²) in [6.45, 7) is 2.65. The number of carbonyl (C=O) groups is 2. The second-order valence-corrected chi connectivity index (χ2v) is 4.08. The third-order valence-electron chi connectivity index (χ3n) is 1.88. The van der Waals surface area contributed by atoms with Crippen molar-refractivity contribution in [1.82, 2.24) is 10.3 Å². The highest BCUT2D eigenvalue weighted by atomic mass is 35.5. The van der Waals surface area contributed by atoms with Crippen molar-refractivity contribution >= 4 is 35.6 Å². The first-order valence-electron chi connectivity index (χ1n) is 5.25. The summed E-state index contributed by atoms with van der Waals surface area (Å²) < 4.78 is 4.73. The number of nitrogens with one attached hydrogen (secondary N) is 1. The van der Waals surface area contributed by atoms with E-state index in [2.05, 4.69) is 10.3 Å². The molecule has 0 atom stereocenters. The van der Waals surface area contributed by atoms with Crippen LogP contribution in [0.25, 0.3) is 0 Å². The molecule has 0 unspecified atom stereocenters. The number of ether oxygens (including phenoxy) is 1. The van der Waals surface area contributed by atoms with Crippen molar-refractivity contribution in [3.63, 3.8) is 0 Å². The summed E-state index contributed by atoms with van der Waals surface area (Å²) in [5.74, 6) is -0.626. The summed E-state index contributed by atoms with van der Waals surface area (Å²) in [6, 6.07) is 0. The summed E-state index contributed by atoms with van der Waals surface area (Å²) in [4.78, 5) is 26.6. The van der Waals surface area contributed by atoms with Gasteiger partial charge in [-0.2, -0.15) is 0 Å². The predicted molar refractivity (Wildman–Crippen MR) is 70.8 cm³/mol. The molecule has 0 aromatic carbocycles. The van der Waals surface area contributed by atoms with E-state index < -0.39 is 0 Å². The van der Waals surface area contributed by atoms with Crippen molar-refractivity contribution in [2.45, 2.75) is 19.9 Å². The minimum Gasteiger partial charge on any atom is -0.466 e. The van der Waals surface area contributed by atoms with Crippen molar-refractivity contribution < 1.29 is 14.3 Å². The zero-order valence-electron chi connectivity index (χ0n) is 9.97. The molecule has 8 heteroatoms. The number of halogens is 1. The zero-order chi connectivity index (χ0) is 12.7. The van der Waals surface area contributed by atoms with Crippen LogP contribution in [0.5, 0.6) is 0 Å². The molecule has 1 aromatic heterocycles. The van der Waals surface area contributed by atoms with Gasteiger partial charge in [-0.1, -0.05) is 0 Å². The highest BCUT2D eigenvalue weighted by Gasteiger charge is 2.10. The third-order valence-corrected chi connectivity index (χ3v) is 2.75. The number of hydrogen-bond donors (Lipinski definition) is 2. The summed E-state index contributed by atoms with van der Waals surface area (Å²) >= 11 is 1.34. The van der Waals surface area contributed by atoms with Crippen molar-refractivity contribution in [1.29, 1.82) is 0 Å². The SMILES string of the molecule is CCOC(=O)CCNC(=O)c1csc(CN)n1.Cl. The molecular weight excluding hydrogens is 278 g/mol. The molecule has 18 heavy (non-hydrogen) atoms. The molecular formula is C10H16ClN3O3S. The Balaban J connectivity index is 0.00000289. The lowest BCUT2D eigenvalue weighted by atomic mass is 10.4. The quantitative estimate of drug-likeness (QED) is 0.753. The van der Waals surface area contributed by atoms with Crippen molar-refractivity contribution in [3.8, 4) is 0 Å². The van der Waals surface area contributed by atoms with Gasteiger partial charge in [-0.3, -0.25) is 9.59 Å². The van der Waals surface area contributed by atoms with E-state index in [1.807, 2.05) is 0 Å². The largest absolute Gasteiger partial charge is 0.466 e. The van der Waals surface area contributed by atoms with E-state index >= 15 is 0 Å². The molecule has 0 saturated heterocycles. The highest BCUT2D eigenvalue weighted by molar-refractivity contribution is 7.09. The summed E-state index contributed by atoms with van der Waals surface area (Å²) in [7, 11) is 0. The lowest BCUT2D eigenvalue weighted by Crippen LogP contribution is -2.26. The second kappa shape index (κ2) is 8.84. The molecule has 1 rings (SSSR count). The average molecular weight is 294 g/mol. The van der Waals surface area contributed by atoms with Gasteiger partial charge in [0.15, 0.2) is 0 Å². The molecule has 102 valence electrons. The van der Waals surface area contributed by atoms with Gasteiger partial charge in [-0.15, -0.1) is 23.7 Å². The number of hydrogen-bond acceptors (Lipinski definition) is 6. The fourth-order valence-corrected chi connectivity index (χ4v) is 1.77. The van der Waals surface area contributed by atoms with Gasteiger partial charge in [0.25, 0.3) is 5.91 Å². The van der Waals surface area contributed by atoms with Crippen molar-refractivity contribution in [2.24, 2.45) is 5.73 Å². The molecule has 0 radical (unpaired) electrons. The topological polar surface area (TPSA) is 94.3 Å². The van der Waals surface area contributed by atoms with Crippen LogP contribution in [0.4, 0.5) is 0 Å². The number of nitrogens with zero attached hydrogens (tertiary/aromatic N) is 1. The summed E-state index contributed by atoms with van der Waals surface area (Å²) in [5.41, 5.74) is 5.72. The van der Waals surface area contributed by atoms with Crippen LogP contribution in [0.15, 0.2) is 5.38 Å². The molecule has 1 amide bonds. The van der Waals surface area contributed by atoms with Gasteiger partial charge in [-0.25, -0.2) is 4.98 Å². The van der Waals surface area contributed by atoms with Gasteiger partial charge in [-0.05, 0) is 6.92 Å². The van der Waals surface area contributed by atoms with Crippen molar-refractivity contribution in [2.75, 3.05) is 13.2 Å². The van der Waals surface area contributed by atoms with Gasteiger partial charge < -0.3 is 15.8 Å². The molecule has 1 aromatic rings. The van der Waals surface area contributed by atoms with Gasteiger partial charge in [0.1, 0.15) is 10.7 Å². The lowest BCUT2D eigenvalue weighted by Gasteiger charge is -2.03. The Morgan fingerprint density at radius 1 is 1.56 bits per heavy atom. The maximum Gasteiger partial charge on any atom is 0.307 e. The minimum absolute atomic E-state index is 0. The van der Waals surface area contributed by atoms with E-state index in [1.54, 1.807) is 12.3 Å². The number of carbonyl (C=O) groups excluding carboxylic acids is 2. The Labute approximate surface area is 115 Å². The van der Waals surface area contributed by atoms with Crippen LogP contribution >= 0.6 is 23.7 Å². The number of thiazole rings is 1. The smallest absolute Gasteiger partial charge is 0.307 e. The van der Waals surface area contributed by atoms with Gasteiger partial charge in [0, 0.05) is 18.5 Å². The zero-order valence-corrected chi connectivity index (χ0v) is 11.6. The maximum atomic E-state index is 11.6. The molecule has 3 N–H and O–H groups in total. The average Bonchev–Trinajstić information content (AvgIpc) is 2.77. The highest BCUT2D eigenvalue weighted by Crippen LogP contribution is 2.08. The number of amides is 1. The number of rotatable bonds is 6. The third kappa shape index (κ3) is 5.44. The number of nitrogens with two attached hydrogens (primary N) is 1. The Kier molecular flexibility index (Phi) is 8.27. The number of esters is 1. The van der Waals surface area contributed by atoms with Crippen LogP contribution in [-0.4, -0.2) is 30.0 Å². The Bertz CT molecular complexity index is 397. The van der Waals surface area contributed by atoms with Gasteiger partial charge >= 0.3 is 5.97 Å². The lowest BCUT2D eigenvalue weighted by molar-refractivity contribution is -0.142. The van der Waals surface area contributed by atoms with Crippen LogP contribution < -0.4 is 11.1 Å². The van der Waals surface area contributed by atoms with Crippen LogP contribution in [0.1, 0.15) is 28.8 Å². The first-order chi connectivity index (χ1) is 8.17. The van der Waals surface area contributed by atoms with E-state index in [1.165, 1.54) is 11.3 Å². The molecule has 6 nitrogen and oxygen atoms in total. The second-order valence-electron chi connectivity index (χ2n) is 3.14. The van der Waals surface area contributed by atoms with Crippen LogP contribution in [0.2, 0.25) is 0 Å². The summed E-state index contributed by atoms with van der Waals surface area (Å²) in [6.07, 6.45) is 0.160. The molecule has 0 aliphatic rings. The minimum atomic E-state index is -0.325. The van der Waals surface area contributed by atoms with Crippen LogP contribution in [0.3, 0.4) is 0 Å². The Morgan fingerprint density at radius 2 is 2.28 bits per heavy atom. The predicted octanol–water partition coefficient (Wildman–Crippen LogP) is 0.707. The first kappa shape index (κ1) is 16.8. The molecule has 0 spiro atoms. The first-order valence-corrected chi connectivity index (χ1v) is 6.13. The standard InChI is InChI=1S/C10H15N3O3S.ClH/c1-2-16-9(14)3-4-12-10(15)7-6-17-8(5-11)13-7;/h6H,2-5,11H2,1H3,(H,12,15);1H. The van der Waals surface area contributed by atoms with E-state index in [-0.39, 0.29) is 37.2 Å². The monoisotopic (exact) mass is 293 g/mol.